The van der Waals surface area contributed by atoms with Gasteiger partial charge in [-0.25, -0.2) is 0 Å². The molecule has 3 heteroatoms. The van der Waals surface area contributed by atoms with Crippen LogP contribution in [-0.2, 0) is 4.74 Å². The third-order valence-electron chi connectivity index (χ3n) is 2.28. The lowest BCUT2D eigenvalue weighted by atomic mass is 9.94. The molecule has 0 saturated carbocycles. The molecular weight excluding hydrogens is 236 g/mol. The molecule has 0 bridgehead atoms. The molecule has 1 aromatic rings. The monoisotopic (exact) mass is 246 g/mol. The normalized spacial score (nSPS) is 19.8. The van der Waals surface area contributed by atoms with E-state index < -0.39 is 0 Å². The third kappa shape index (κ3) is 1.90. The van der Waals surface area contributed by atoms with Gasteiger partial charge in [-0.3, -0.25) is 0 Å². The average Bonchev–Trinajstić information content (AvgIpc) is 2.54. The van der Waals surface area contributed by atoms with Crippen molar-refractivity contribution in [2.24, 2.45) is 0 Å². The first-order valence-electron chi connectivity index (χ1n) is 4.18. The number of rotatable bonds is 1. The molecule has 0 amide bonds. The molecule has 1 fully saturated rings. The number of hydrogen-bond donors (Lipinski definition) is 0. The summed E-state index contributed by atoms with van der Waals surface area (Å²) < 4.78 is 6.56. The summed E-state index contributed by atoms with van der Waals surface area (Å²) in [6.45, 7) is 1.86. The molecular formula is C9H11BrOS. The van der Waals surface area contributed by atoms with Crippen LogP contribution in [0.5, 0.6) is 0 Å². The summed E-state index contributed by atoms with van der Waals surface area (Å²) in [6.07, 6.45) is 2.37. The summed E-state index contributed by atoms with van der Waals surface area (Å²) in [7, 11) is 0. The molecule has 1 aliphatic heterocycles. The van der Waals surface area contributed by atoms with Crippen LogP contribution >= 0.6 is 27.3 Å². The Morgan fingerprint density at radius 1 is 1.42 bits per heavy atom. The molecule has 66 valence electrons. The van der Waals surface area contributed by atoms with Crippen molar-refractivity contribution in [2.45, 2.75) is 18.8 Å². The zero-order valence-electron chi connectivity index (χ0n) is 6.75. The highest BCUT2D eigenvalue weighted by Crippen LogP contribution is 2.32. The van der Waals surface area contributed by atoms with Crippen LogP contribution in [0.3, 0.4) is 0 Å². The Morgan fingerprint density at radius 3 is 2.75 bits per heavy atom. The first kappa shape index (κ1) is 8.73. The Bertz CT molecular complexity index is 253. The second-order valence-electron chi connectivity index (χ2n) is 3.07. The minimum atomic E-state index is 0.737. The van der Waals surface area contributed by atoms with E-state index in [4.69, 9.17) is 4.74 Å². The van der Waals surface area contributed by atoms with E-state index >= 15 is 0 Å². The molecule has 2 rings (SSSR count). The number of halogens is 1. The van der Waals surface area contributed by atoms with Gasteiger partial charge in [-0.1, -0.05) is 0 Å². The molecule has 1 nitrogen and oxygen atoms in total. The maximum Gasteiger partial charge on any atom is 0.0701 e. The molecule has 0 spiro atoms. The first-order valence-corrected chi connectivity index (χ1v) is 5.85. The van der Waals surface area contributed by atoms with Crippen molar-refractivity contribution >= 4 is 27.3 Å². The summed E-state index contributed by atoms with van der Waals surface area (Å²) in [5.74, 6) is 0.737. The molecule has 0 radical (unpaired) electrons. The predicted molar refractivity (Wildman–Crippen MR) is 54.8 cm³/mol. The minimum Gasteiger partial charge on any atom is -0.381 e. The van der Waals surface area contributed by atoms with E-state index in [1.165, 1.54) is 22.2 Å². The molecule has 12 heavy (non-hydrogen) atoms. The second kappa shape index (κ2) is 3.90. The minimum absolute atomic E-state index is 0.737. The number of thiophene rings is 1. The van der Waals surface area contributed by atoms with Gasteiger partial charge in [0.2, 0.25) is 0 Å². The fourth-order valence-corrected chi connectivity index (χ4v) is 2.83. The lowest BCUT2D eigenvalue weighted by Gasteiger charge is -2.20. The van der Waals surface area contributed by atoms with E-state index in [0.29, 0.717) is 0 Å². The van der Waals surface area contributed by atoms with Crippen molar-refractivity contribution < 1.29 is 4.74 Å². The molecule has 1 saturated heterocycles. The van der Waals surface area contributed by atoms with Crippen molar-refractivity contribution in [1.82, 2.24) is 0 Å². The average molecular weight is 247 g/mol. The lowest BCUT2D eigenvalue weighted by molar-refractivity contribution is 0.0854. The van der Waals surface area contributed by atoms with Gasteiger partial charge in [0.1, 0.15) is 0 Å². The van der Waals surface area contributed by atoms with Crippen molar-refractivity contribution in [3.63, 3.8) is 0 Å². The zero-order valence-corrected chi connectivity index (χ0v) is 9.16. The largest absolute Gasteiger partial charge is 0.381 e. The third-order valence-corrected chi connectivity index (χ3v) is 3.80. The van der Waals surface area contributed by atoms with Gasteiger partial charge in [0.15, 0.2) is 0 Å². The van der Waals surface area contributed by atoms with Gasteiger partial charge in [-0.15, -0.1) is 11.3 Å². The maximum absolute atomic E-state index is 5.32. The summed E-state index contributed by atoms with van der Waals surface area (Å²) in [6, 6.07) is 2.24. The van der Waals surface area contributed by atoms with Crippen LogP contribution in [0.2, 0.25) is 0 Å². The van der Waals surface area contributed by atoms with Crippen molar-refractivity contribution in [2.75, 3.05) is 13.2 Å². The molecule has 2 heterocycles. The molecule has 1 aliphatic rings. The summed E-state index contributed by atoms with van der Waals surface area (Å²) in [5, 5.41) is 2.25. The summed E-state index contributed by atoms with van der Waals surface area (Å²) in [5.41, 5.74) is 1.48. The molecule has 0 atom stereocenters. The van der Waals surface area contributed by atoms with Crippen LogP contribution in [-0.4, -0.2) is 13.2 Å². The molecule has 1 aromatic heterocycles. The van der Waals surface area contributed by atoms with E-state index in [9.17, 15) is 0 Å². The van der Waals surface area contributed by atoms with E-state index in [0.717, 1.165) is 19.1 Å². The maximum atomic E-state index is 5.32. The second-order valence-corrected chi connectivity index (χ2v) is 5.36. The van der Waals surface area contributed by atoms with Crippen LogP contribution in [0.15, 0.2) is 15.2 Å². The van der Waals surface area contributed by atoms with Crippen molar-refractivity contribution in [3.05, 3.63) is 20.8 Å². The van der Waals surface area contributed by atoms with E-state index in [-0.39, 0.29) is 0 Å². The quantitative estimate of drug-likeness (QED) is 0.739. The van der Waals surface area contributed by atoms with E-state index in [2.05, 4.69) is 27.4 Å². The predicted octanol–water partition coefficient (Wildman–Crippen LogP) is 3.40. The van der Waals surface area contributed by atoms with E-state index in [1.54, 1.807) is 11.3 Å². The Balaban J connectivity index is 2.08. The van der Waals surface area contributed by atoms with Crippen molar-refractivity contribution in [1.29, 1.82) is 0 Å². The lowest BCUT2D eigenvalue weighted by Crippen LogP contribution is -2.13. The highest BCUT2D eigenvalue weighted by Gasteiger charge is 2.16. The summed E-state index contributed by atoms with van der Waals surface area (Å²) >= 11 is 5.26. The van der Waals surface area contributed by atoms with Gasteiger partial charge in [-0.2, -0.15) is 0 Å². The highest BCUT2D eigenvalue weighted by molar-refractivity contribution is 9.11. The smallest absolute Gasteiger partial charge is 0.0701 e. The Hall–Kier alpha value is 0.140. The molecule has 0 aromatic carbocycles. The van der Waals surface area contributed by atoms with Gasteiger partial charge >= 0.3 is 0 Å². The fourth-order valence-electron chi connectivity index (χ4n) is 1.57. The van der Waals surface area contributed by atoms with Crippen molar-refractivity contribution in [3.8, 4) is 0 Å². The SMILES string of the molecule is Brc1cc(C2CCOCC2)cs1. The molecule has 0 unspecified atom stereocenters. The van der Waals surface area contributed by atoms with Crippen LogP contribution in [0.25, 0.3) is 0 Å². The van der Waals surface area contributed by atoms with Gasteiger partial charge in [0.25, 0.3) is 0 Å². The number of hydrogen-bond acceptors (Lipinski definition) is 2. The Morgan fingerprint density at radius 2 is 2.17 bits per heavy atom. The zero-order chi connectivity index (χ0) is 8.39. The van der Waals surface area contributed by atoms with E-state index in [1.807, 2.05) is 0 Å². The highest BCUT2D eigenvalue weighted by atomic mass is 79.9. The van der Waals surface area contributed by atoms with Gasteiger partial charge in [0, 0.05) is 13.2 Å². The molecule has 0 N–H and O–H groups in total. The van der Waals surface area contributed by atoms with Crippen LogP contribution < -0.4 is 0 Å². The molecule has 0 aliphatic carbocycles. The van der Waals surface area contributed by atoms with Crippen LogP contribution in [0.1, 0.15) is 24.3 Å². The summed E-state index contributed by atoms with van der Waals surface area (Å²) in [4.78, 5) is 0. The first-order chi connectivity index (χ1) is 5.86. The van der Waals surface area contributed by atoms with Gasteiger partial charge in [0.05, 0.1) is 3.79 Å². The van der Waals surface area contributed by atoms with Gasteiger partial charge < -0.3 is 4.74 Å². The number of ether oxygens (including phenoxy) is 1. The van der Waals surface area contributed by atoms with Gasteiger partial charge in [-0.05, 0) is 51.7 Å². The Kier molecular flexibility index (Phi) is 2.84. The standard InChI is InChI=1S/C9H11BrOS/c10-9-5-8(6-12-9)7-1-3-11-4-2-7/h5-7H,1-4H2. The Labute approximate surface area is 84.9 Å². The fraction of sp³-hybridized carbons (Fsp3) is 0.556. The topological polar surface area (TPSA) is 9.23 Å². The van der Waals surface area contributed by atoms with Crippen LogP contribution in [0, 0.1) is 0 Å². The van der Waals surface area contributed by atoms with Crippen LogP contribution in [0.4, 0.5) is 0 Å².